The van der Waals surface area contributed by atoms with E-state index in [1.54, 1.807) is 35.2 Å². The number of sulfonamides is 1. The third-order valence-corrected chi connectivity index (χ3v) is 8.10. The largest absolute Gasteiger partial charge is 0.506 e. The third-order valence-electron chi connectivity index (χ3n) is 6.03. The van der Waals surface area contributed by atoms with Gasteiger partial charge in [-0.3, -0.25) is 14.6 Å². The number of amides is 2. The quantitative estimate of drug-likeness (QED) is 0.466. The van der Waals surface area contributed by atoms with E-state index in [0.29, 0.717) is 48.7 Å². The van der Waals surface area contributed by atoms with Crippen molar-refractivity contribution in [3.8, 4) is 17.6 Å². The Kier molecular flexibility index (Phi) is 7.83. The average molecular weight is 549 g/mol. The van der Waals surface area contributed by atoms with E-state index < -0.39 is 20.7 Å². The second-order valence-corrected chi connectivity index (χ2v) is 12.3. The van der Waals surface area contributed by atoms with Crippen molar-refractivity contribution >= 4 is 27.7 Å². The maximum atomic E-state index is 13.3. The summed E-state index contributed by atoms with van der Waals surface area (Å²) < 4.78 is 25.3. The predicted octanol–water partition coefficient (Wildman–Crippen LogP) is 1.80. The minimum Gasteiger partial charge on any atom is -0.506 e. The van der Waals surface area contributed by atoms with Gasteiger partial charge in [0.2, 0.25) is 10.0 Å². The van der Waals surface area contributed by atoms with E-state index >= 15 is 0 Å². The number of nitrogens with one attached hydrogen (secondary N) is 1. The molecule has 3 heterocycles. The Morgan fingerprint density at radius 3 is 2.33 bits per heavy atom. The zero-order valence-electron chi connectivity index (χ0n) is 21.7. The smallest absolute Gasteiger partial charge is 0.285 e. The molecule has 1 aliphatic heterocycles. The maximum Gasteiger partial charge on any atom is 0.285 e. The number of rotatable bonds is 4. The Morgan fingerprint density at radius 2 is 1.69 bits per heavy atom. The predicted molar refractivity (Wildman–Crippen MR) is 145 cm³/mol. The van der Waals surface area contributed by atoms with E-state index in [-0.39, 0.29) is 17.4 Å². The standard InChI is InChI=1S/C27H28N6O5S/c1-27(2,3)39(37,38)31-25(35)23-10-11-24(30-29-23)32-12-14-33(15-13-32)26(36)22-7-5-4-6-20(22)9-8-19-16-21(34)18-28-17-19/h4-7,10-11,16-18,34H,12-15H2,1-3H3,(H,31,35). The van der Waals surface area contributed by atoms with Crippen LogP contribution in [0.1, 0.15) is 52.7 Å². The highest BCUT2D eigenvalue weighted by Gasteiger charge is 2.31. The second-order valence-electron chi connectivity index (χ2n) is 9.83. The highest BCUT2D eigenvalue weighted by molar-refractivity contribution is 7.91. The number of piperazine rings is 1. The summed E-state index contributed by atoms with van der Waals surface area (Å²) >= 11 is 0. The van der Waals surface area contributed by atoms with Crippen LogP contribution in [-0.2, 0) is 10.0 Å². The topological polar surface area (TPSA) is 146 Å². The Morgan fingerprint density at radius 1 is 0.974 bits per heavy atom. The minimum atomic E-state index is -3.87. The molecule has 2 N–H and O–H groups in total. The maximum absolute atomic E-state index is 13.3. The van der Waals surface area contributed by atoms with E-state index in [1.807, 2.05) is 9.62 Å². The minimum absolute atomic E-state index is 0.0140. The molecular weight excluding hydrogens is 520 g/mol. The first-order valence-electron chi connectivity index (χ1n) is 12.1. The van der Waals surface area contributed by atoms with Crippen molar-refractivity contribution < 1.29 is 23.1 Å². The molecule has 0 unspecified atom stereocenters. The van der Waals surface area contributed by atoms with Crippen LogP contribution in [0.15, 0.2) is 54.9 Å². The molecule has 12 heteroatoms. The van der Waals surface area contributed by atoms with Crippen LogP contribution in [0.4, 0.5) is 5.82 Å². The zero-order chi connectivity index (χ0) is 28.2. The second kappa shape index (κ2) is 11.1. The van der Waals surface area contributed by atoms with E-state index in [2.05, 4.69) is 27.0 Å². The number of aromatic hydroxyl groups is 1. The van der Waals surface area contributed by atoms with Crippen molar-refractivity contribution in [2.75, 3.05) is 31.1 Å². The van der Waals surface area contributed by atoms with Gasteiger partial charge < -0.3 is 14.9 Å². The molecular formula is C27H28N6O5S. The number of nitrogens with zero attached hydrogens (tertiary/aromatic N) is 5. The molecule has 1 aromatic carbocycles. The van der Waals surface area contributed by atoms with Gasteiger partial charge in [-0.15, -0.1) is 10.2 Å². The lowest BCUT2D eigenvalue weighted by Crippen LogP contribution is -2.49. The van der Waals surface area contributed by atoms with Gasteiger partial charge in [-0.05, 0) is 51.1 Å². The molecule has 1 saturated heterocycles. The van der Waals surface area contributed by atoms with Crippen molar-refractivity contribution in [3.05, 3.63) is 77.2 Å². The van der Waals surface area contributed by atoms with E-state index in [4.69, 9.17) is 0 Å². The molecule has 1 fully saturated rings. The van der Waals surface area contributed by atoms with Crippen molar-refractivity contribution in [2.45, 2.75) is 25.5 Å². The number of aromatic nitrogens is 3. The summed E-state index contributed by atoms with van der Waals surface area (Å²) in [5, 5.41) is 17.6. The van der Waals surface area contributed by atoms with Gasteiger partial charge in [0.15, 0.2) is 11.5 Å². The zero-order valence-corrected chi connectivity index (χ0v) is 22.6. The molecule has 0 saturated carbocycles. The summed E-state index contributed by atoms with van der Waals surface area (Å²) in [4.78, 5) is 33.2. The Hall–Kier alpha value is -4.50. The molecule has 202 valence electrons. The molecule has 2 aromatic heterocycles. The number of hydrogen-bond donors (Lipinski definition) is 2. The average Bonchev–Trinajstić information content (AvgIpc) is 2.91. The Bertz CT molecular complexity index is 1550. The molecule has 11 nitrogen and oxygen atoms in total. The van der Waals surface area contributed by atoms with Crippen molar-refractivity contribution in [1.29, 1.82) is 0 Å². The van der Waals surface area contributed by atoms with Crippen molar-refractivity contribution in [3.63, 3.8) is 0 Å². The summed E-state index contributed by atoms with van der Waals surface area (Å²) in [6, 6.07) is 11.6. The number of benzene rings is 1. The number of pyridine rings is 1. The van der Waals surface area contributed by atoms with Crippen LogP contribution in [0, 0.1) is 11.8 Å². The summed E-state index contributed by atoms with van der Waals surface area (Å²) in [6.45, 7) is 6.32. The lowest BCUT2D eigenvalue weighted by molar-refractivity contribution is 0.0745. The number of anilines is 1. The van der Waals surface area contributed by atoms with Crippen LogP contribution in [0.2, 0.25) is 0 Å². The van der Waals surface area contributed by atoms with Crippen LogP contribution < -0.4 is 9.62 Å². The van der Waals surface area contributed by atoms with E-state index in [9.17, 15) is 23.1 Å². The number of carbonyl (C=O) groups excluding carboxylic acids is 2. The van der Waals surface area contributed by atoms with Gasteiger partial charge >= 0.3 is 0 Å². The van der Waals surface area contributed by atoms with Gasteiger partial charge in [-0.25, -0.2) is 13.1 Å². The number of carbonyl (C=O) groups is 2. The highest BCUT2D eigenvalue weighted by Crippen LogP contribution is 2.18. The molecule has 0 radical (unpaired) electrons. The molecule has 1 aliphatic rings. The molecule has 0 spiro atoms. The molecule has 2 amide bonds. The molecule has 4 rings (SSSR count). The fraction of sp³-hybridized carbons (Fsp3) is 0.296. The monoisotopic (exact) mass is 548 g/mol. The van der Waals surface area contributed by atoms with Crippen molar-refractivity contribution in [1.82, 2.24) is 24.8 Å². The first kappa shape index (κ1) is 27.5. The Balaban J connectivity index is 1.39. The summed E-state index contributed by atoms with van der Waals surface area (Å²) in [7, 11) is -3.87. The van der Waals surface area contributed by atoms with Crippen LogP contribution in [0.3, 0.4) is 0 Å². The van der Waals surface area contributed by atoms with Gasteiger partial charge in [-0.1, -0.05) is 24.0 Å². The Labute approximate surface area is 226 Å². The fourth-order valence-electron chi connectivity index (χ4n) is 3.67. The van der Waals surface area contributed by atoms with Gasteiger partial charge in [0.25, 0.3) is 11.8 Å². The third kappa shape index (κ3) is 6.50. The lowest BCUT2D eigenvalue weighted by Gasteiger charge is -2.35. The van der Waals surface area contributed by atoms with E-state index in [0.717, 1.165) is 0 Å². The summed E-state index contributed by atoms with van der Waals surface area (Å²) in [5.41, 5.74) is 1.47. The molecule has 0 bridgehead atoms. The first-order valence-corrected chi connectivity index (χ1v) is 13.6. The normalized spacial score (nSPS) is 13.8. The van der Waals surface area contributed by atoms with Crippen LogP contribution in [-0.4, -0.2) is 76.3 Å². The molecule has 0 atom stereocenters. The van der Waals surface area contributed by atoms with Gasteiger partial charge in [0, 0.05) is 43.5 Å². The SMILES string of the molecule is CC(C)(C)S(=O)(=O)NC(=O)c1ccc(N2CCN(C(=O)c3ccccc3C#Cc3cncc(O)c3)CC2)nn1. The van der Waals surface area contributed by atoms with Gasteiger partial charge in [-0.2, -0.15) is 0 Å². The van der Waals surface area contributed by atoms with Crippen LogP contribution in [0.5, 0.6) is 5.75 Å². The van der Waals surface area contributed by atoms with E-state index in [1.165, 1.54) is 45.3 Å². The lowest BCUT2D eigenvalue weighted by atomic mass is 10.1. The first-order chi connectivity index (χ1) is 18.4. The highest BCUT2D eigenvalue weighted by atomic mass is 32.2. The summed E-state index contributed by atoms with van der Waals surface area (Å²) in [5.74, 6) is 5.47. The summed E-state index contributed by atoms with van der Waals surface area (Å²) in [6.07, 6.45) is 2.85. The van der Waals surface area contributed by atoms with Crippen molar-refractivity contribution in [2.24, 2.45) is 0 Å². The molecule has 0 aliphatic carbocycles. The molecule has 39 heavy (non-hydrogen) atoms. The van der Waals surface area contributed by atoms with Gasteiger partial charge in [0.1, 0.15) is 5.75 Å². The van der Waals surface area contributed by atoms with Crippen LogP contribution >= 0.6 is 0 Å². The fourth-order valence-corrected chi connectivity index (χ4v) is 4.32. The van der Waals surface area contributed by atoms with Crippen LogP contribution in [0.25, 0.3) is 0 Å². The number of hydrogen-bond acceptors (Lipinski definition) is 9. The molecule has 3 aromatic rings. The van der Waals surface area contributed by atoms with Gasteiger partial charge in [0.05, 0.1) is 16.5 Å².